The predicted molar refractivity (Wildman–Crippen MR) is 107 cm³/mol. The molecule has 0 unspecified atom stereocenters. The summed E-state index contributed by atoms with van der Waals surface area (Å²) in [6.07, 6.45) is 5.50. The fourth-order valence-electron chi connectivity index (χ4n) is 3.76. The van der Waals surface area contributed by atoms with E-state index < -0.39 is 0 Å². The van der Waals surface area contributed by atoms with Crippen molar-refractivity contribution < 1.29 is 9.53 Å². The van der Waals surface area contributed by atoms with Crippen molar-refractivity contribution in [2.45, 2.75) is 45.3 Å². The number of fused-ring (bicyclic) bond motifs is 1. The van der Waals surface area contributed by atoms with E-state index in [1.54, 1.807) is 0 Å². The van der Waals surface area contributed by atoms with Crippen molar-refractivity contribution in [3.8, 4) is 11.1 Å². The van der Waals surface area contributed by atoms with Crippen LogP contribution in [0, 0.1) is 5.92 Å². The average molecular weight is 382 g/mol. The topological polar surface area (TPSA) is 61.2 Å². The van der Waals surface area contributed by atoms with Gasteiger partial charge < -0.3 is 4.74 Å². The summed E-state index contributed by atoms with van der Waals surface area (Å²) in [6, 6.07) is 9.76. The Labute approximate surface area is 161 Å². The Balaban J connectivity index is 1.58. The smallest absolute Gasteiger partial charge is 0.326 e. The van der Waals surface area contributed by atoms with Gasteiger partial charge in [-0.1, -0.05) is 43.7 Å². The van der Waals surface area contributed by atoms with Crippen LogP contribution in [0.15, 0.2) is 46.8 Å². The number of carbonyl (C=O) groups excluding carboxylic acids is 1. The van der Waals surface area contributed by atoms with Gasteiger partial charge in [-0.3, -0.25) is 14.2 Å². The largest absolute Gasteiger partial charge is 0.461 e. The lowest BCUT2D eigenvalue weighted by Gasteiger charge is -2.26. The summed E-state index contributed by atoms with van der Waals surface area (Å²) in [4.78, 5) is 30.4. The van der Waals surface area contributed by atoms with Gasteiger partial charge in [-0.2, -0.15) is 0 Å². The summed E-state index contributed by atoms with van der Waals surface area (Å²) >= 11 is 1.44. The monoisotopic (exact) mass is 382 g/mol. The predicted octanol–water partition coefficient (Wildman–Crippen LogP) is 4.25. The number of hydrogen-bond donors (Lipinski definition) is 0. The quantitative estimate of drug-likeness (QED) is 0.633. The van der Waals surface area contributed by atoms with Crippen LogP contribution in [0.5, 0.6) is 0 Å². The van der Waals surface area contributed by atoms with Crippen LogP contribution in [-0.4, -0.2) is 21.6 Å². The Morgan fingerprint density at radius 3 is 2.89 bits per heavy atom. The summed E-state index contributed by atoms with van der Waals surface area (Å²) < 4.78 is 6.96. The third-order valence-electron chi connectivity index (χ3n) is 5.13. The van der Waals surface area contributed by atoms with E-state index in [2.05, 4.69) is 11.9 Å². The molecule has 1 fully saturated rings. The second kappa shape index (κ2) is 7.64. The van der Waals surface area contributed by atoms with Crippen LogP contribution in [0.1, 0.15) is 32.6 Å². The zero-order valence-corrected chi connectivity index (χ0v) is 16.1. The molecule has 3 aromatic rings. The Morgan fingerprint density at radius 1 is 1.30 bits per heavy atom. The van der Waals surface area contributed by atoms with Gasteiger partial charge in [-0.05, 0) is 30.7 Å². The van der Waals surface area contributed by atoms with E-state index in [-0.39, 0.29) is 24.2 Å². The average Bonchev–Trinajstić information content (AvgIpc) is 3.10. The van der Waals surface area contributed by atoms with Gasteiger partial charge in [-0.25, -0.2) is 4.98 Å². The van der Waals surface area contributed by atoms with Gasteiger partial charge in [0.25, 0.3) is 5.56 Å². The van der Waals surface area contributed by atoms with Crippen LogP contribution in [0.25, 0.3) is 21.3 Å². The standard InChI is InChI=1S/C21H22N2O3S/c1-14-6-5-9-16(10-14)26-18(24)11-23-13-22-20-19(21(23)25)17(12-27-20)15-7-3-2-4-8-15/h2-4,7-8,12-14,16H,5-6,9-11H2,1H3/t14-,16+/m1/s1. The Bertz CT molecular complexity index is 1010. The molecule has 0 radical (unpaired) electrons. The molecule has 0 spiro atoms. The molecule has 140 valence electrons. The van der Waals surface area contributed by atoms with E-state index in [0.717, 1.165) is 30.4 Å². The molecule has 1 aliphatic rings. The van der Waals surface area contributed by atoms with Gasteiger partial charge >= 0.3 is 5.97 Å². The van der Waals surface area contributed by atoms with Gasteiger partial charge in [0.15, 0.2) is 0 Å². The third kappa shape index (κ3) is 3.81. The third-order valence-corrected chi connectivity index (χ3v) is 6.02. The van der Waals surface area contributed by atoms with E-state index in [4.69, 9.17) is 4.74 Å². The Kier molecular flexibility index (Phi) is 5.07. The number of carbonyl (C=O) groups is 1. The lowest BCUT2D eigenvalue weighted by atomic mass is 9.89. The lowest BCUT2D eigenvalue weighted by Crippen LogP contribution is -2.30. The van der Waals surface area contributed by atoms with Crippen LogP contribution < -0.4 is 5.56 Å². The first kappa shape index (κ1) is 17.9. The maximum absolute atomic E-state index is 13.0. The number of aromatic nitrogens is 2. The summed E-state index contributed by atoms with van der Waals surface area (Å²) in [5, 5.41) is 2.51. The fraction of sp³-hybridized carbons (Fsp3) is 0.381. The maximum atomic E-state index is 13.0. The minimum Gasteiger partial charge on any atom is -0.461 e. The highest BCUT2D eigenvalue weighted by atomic mass is 32.1. The van der Waals surface area contributed by atoms with Crippen LogP contribution in [-0.2, 0) is 16.1 Å². The van der Waals surface area contributed by atoms with Crippen molar-refractivity contribution in [3.63, 3.8) is 0 Å². The molecule has 0 bridgehead atoms. The molecule has 27 heavy (non-hydrogen) atoms. The van der Waals surface area contributed by atoms with E-state index in [0.29, 0.717) is 16.1 Å². The number of thiophene rings is 1. The number of ether oxygens (including phenoxy) is 1. The Morgan fingerprint density at radius 2 is 2.11 bits per heavy atom. The van der Waals surface area contributed by atoms with E-state index in [9.17, 15) is 9.59 Å². The van der Waals surface area contributed by atoms with Crippen LogP contribution in [0.4, 0.5) is 0 Å². The summed E-state index contributed by atoms with van der Waals surface area (Å²) in [5.74, 6) is 0.213. The van der Waals surface area contributed by atoms with Gasteiger partial charge in [0.1, 0.15) is 17.5 Å². The van der Waals surface area contributed by atoms with E-state index >= 15 is 0 Å². The summed E-state index contributed by atoms with van der Waals surface area (Å²) in [7, 11) is 0. The van der Waals surface area contributed by atoms with Crippen molar-refractivity contribution in [1.29, 1.82) is 0 Å². The summed E-state index contributed by atoms with van der Waals surface area (Å²) in [6.45, 7) is 2.08. The second-order valence-electron chi connectivity index (χ2n) is 7.26. The lowest BCUT2D eigenvalue weighted by molar-refractivity contribution is -0.152. The van der Waals surface area contributed by atoms with Crippen molar-refractivity contribution >= 4 is 27.5 Å². The van der Waals surface area contributed by atoms with Gasteiger partial charge in [0, 0.05) is 10.9 Å². The highest BCUT2D eigenvalue weighted by molar-refractivity contribution is 7.17. The van der Waals surface area contributed by atoms with Gasteiger partial charge in [0.2, 0.25) is 0 Å². The van der Waals surface area contributed by atoms with Crippen molar-refractivity contribution in [2.75, 3.05) is 0 Å². The van der Waals surface area contributed by atoms with Gasteiger partial charge in [0.05, 0.1) is 11.7 Å². The van der Waals surface area contributed by atoms with Crippen molar-refractivity contribution in [2.24, 2.45) is 5.92 Å². The first-order valence-corrected chi connectivity index (χ1v) is 10.2. The molecule has 1 aliphatic carbocycles. The van der Waals surface area contributed by atoms with E-state index in [1.165, 1.54) is 28.7 Å². The molecular formula is C21H22N2O3S. The SMILES string of the molecule is C[C@@H]1CCC[C@H](OC(=O)Cn2cnc3scc(-c4ccccc4)c3c2=O)C1. The maximum Gasteiger partial charge on any atom is 0.326 e. The molecule has 1 saturated carbocycles. The zero-order valence-electron chi connectivity index (χ0n) is 15.3. The van der Waals surface area contributed by atoms with Crippen LogP contribution in [0.2, 0.25) is 0 Å². The first-order chi connectivity index (χ1) is 13.1. The first-order valence-electron chi connectivity index (χ1n) is 9.33. The normalized spacial score (nSPS) is 19.9. The van der Waals surface area contributed by atoms with E-state index in [1.807, 2.05) is 35.7 Å². The van der Waals surface area contributed by atoms with Crippen LogP contribution >= 0.6 is 11.3 Å². The molecule has 2 heterocycles. The highest BCUT2D eigenvalue weighted by Crippen LogP contribution is 2.30. The fourth-order valence-corrected chi connectivity index (χ4v) is 4.66. The molecule has 0 aliphatic heterocycles. The number of nitrogens with zero attached hydrogens (tertiary/aromatic N) is 2. The van der Waals surface area contributed by atoms with Crippen LogP contribution in [0.3, 0.4) is 0 Å². The molecule has 4 rings (SSSR count). The molecule has 0 N–H and O–H groups in total. The molecule has 6 heteroatoms. The second-order valence-corrected chi connectivity index (χ2v) is 8.11. The van der Waals surface area contributed by atoms with Crippen molar-refractivity contribution in [3.05, 3.63) is 52.4 Å². The molecule has 0 amide bonds. The minimum absolute atomic E-state index is 0.0327. The molecular weight excluding hydrogens is 360 g/mol. The Hall–Kier alpha value is -2.47. The molecule has 5 nitrogen and oxygen atoms in total. The molecule has 0 saturated heterocycles. The number of benzene rings is 1. The molecule has 2 aromatic heterocycles. The summed E-state index contributed by atoms with van der Waals surface area (Å²) in [5.41, 5.74) is 1.63. The number of esters is 1. The number of hydrogen-bond acceptors (Lipinski definition) is 5. The highest BCUT2D eigenvalue weighted by Gasteiger charge is 2.23. The van der Waals surface area contributed by atoms with Crippen molar-refractivity contribution in [1.82, 2.24) is 9.55 Å². The zero-order chi connectivity index (χ0) is 18.8. The van der Waals surface area contributed by atoms with Gasteiger partial charge in [-0.15, -0.1) is 11.3 Å². The minimum atomic E-state index is -0.367. The molecule has 2 atom stereocenters. The molecule has 1 aromatic carbocycles. The number of rotatable bonds is 4.